The number of hydrogen-bond donors (Lipinski definition) is 2. The zero-order valence-electron chi connectivity index (χ0n) is 8.65. The highest BCUT2D eigenvalue weighted by atomic mass is 19.1. The fourth-order valence-electron chi connectivity index (χ4n) is 1.26. The number of anilines is 1. The first-order valence-corrected chi connectivity index (χ1v) is 4.75. The van der Waals surface area contributed by atoms with Gasteiger partial charge in [-0.25, -0.2) is 14.6 Å². The van der Waals surface area contributed by atoms with E-state index in [9.17, 15) is 8.78 Å². The Morgan fingerprint density at radius 1 is 1.12 bits per heavy atom. The van der Waals surface area contributed by atoms with Gasteiger partial charge in [-0.15, -0.1) is 0 Å². The Labute approximate surface area is 96.0 Å². The normalized spacial score (nSPS) is 10.1. The molecule has 0 radical (unpaired) electrons. The van der Waals surface area contributed by atoms with E-state index in [4.69, 9.17) is 10.6 Å². The predicted octanol–water partition coefficient (Wildman–Crippen LogP) is 2.44. The molecule has 6 heteroatoms. The molecule has 0 saturated carbocycles. The Balaban J connectivity index is 2.24. The predicted molar refractivity (Wildman–Crippen MR) is 58.5 cm³/mol. The zero-order valence-corrected chi connectivity index (χ0v) is 8.65. The summed E-state index contributed by atoms with van der Waals surface area (Å²) in [6, 6.07) is 7.70. The summed E-state index contributed by atoms with van der Waals surface area (Å²) in [5.41, 5.74) is 2.34. The molecule has 0 bridgehead atoms. The molecule has 1 aromatic heterocycles. The molecule has 4 nitrogen and oxygen atoms in total. The van der Waals surface area contributed by atoms with Gasteiger partial charge in [-0.2, -0.15) is 4.98 Å². The van der Waals surface area contributed by atoms with Crippen molar-refractivity contribution >= 4 is 5.82 Å². The molecule has 0 aliphatic heterocycles. The Hall–Kier alpha value is -2.21. The molecular formula is C11H9F2N3O. The summed E-state index contributed by atoms with van der Waals surface area (Å²) in [4.78, 5) is 3.94. The number of ether oxygens (including phenoxy) is 1. The second-order valence-electron chi connectivity index (χ2n) is 3.21. The number of benzene rings is 1. The van der Waals surface area contributed by atoms with E-state index in [-0.39, 0.29) is 11.6 Å². The van der Waals surface area contributed by atoms with E-state index in [0.717, 1.165) is 18.2 Å². The van der Waals surface area contributed by atoms with Crippen LogP contribution in [-0.4, -0.2) is 4.98 Å². The third-order valence-corrected chi connectivity index (χ3v) is 1.93. The summed E-state index contributed by atoms with van der Waals surface area (Å²) in [6.45, 7) is 0. The van der Waals surface area contributed by atoms with Gasteiger partial charge in [0.15, 0.2) is 0 Å². The summed E-state index contributed by atoms with van der Waals surface area (Å²) in [7, 11) is 0. The summed E-state index contributed by atoms with van der Waals surface area (Å²) in [5.74, 6) is 4.35. The molecule has 0 spiro atoms. The lowest BCUT2D eigenvalue weighted by atomic mass is 10.3. The summed E-state index contributed by atoms with van der Waals surface area (Å²) in [5, 5.41) is 0. The van der Waals surface area contributed by atoms with Crippen molar-refractivity contribution in [1.82, 2.24) is 4.98 Å². The molecule has 17 heavy (non-hydrogen) atoms. The molecule has 0 saturated heterocycles. The van der Waals surface area contributed by atoms with Crippen LogP contribution in [0.2, 0.25) is 0 Å². The van der Waals surface area contributed by atoms with E-state index in [1.165, 1.54) is 0 Å². The lowest BCUT2D eigenvalue weighted by molar-refractivity contribution is 0.452. The maximum atomic E-state index is 12.9. The first-order valence-electron chi connectivity index (χ1n) is 4.75. The van der Waals surface area contributed by atoms with Crippen molar-refractivity contribution in [3.8, 4) is 11.6 Å². The number of nitrogens with zero attached hydrogens (tertiary/aromatic N) is 1. The third kappa shape index (κ3) is 2.88. The van der Waals surface area contributed by atoms with Gasteiger partial charge in [-0.05, 0) is 6.07 Å². The molecule has 88 valence electrons. The molecule has 1 aromatic carbocycles. The lowest BCUT2D eigenvalue weighted by Crippen LogP contribution is -2.08. The van der Waals surface area contributed by atoms with Gasteiger partial charge in [-0.1, -0.05) is 6.07 Å². The van der Waals surface area contributed by atoms with Gasteiger partial charge in [0.05, 0.1) is 0 Å². The third-order valence-electron chi connectivity index (χ3n) is 1.93. The average molecular weight is 237 g/mol. The van der Waals surface area contributed by atoms with Crippen molar-refractivity contribution in [2.45, 2.75) is 0 Å². The minimum absolute atomic E-state index is 0.0316. The monoisotopic (exact) mass is 237 g/mol. The Bertz CT molecular complexity index is 514. The van der Waals surface area contributed by atoms with Crippen LogP contribution in [0.1, 0.15) is 0 Å². The Morgan fingerprint density at radius 2 is 1.82 bits per heavy atom. The lowest BCUT2D eigenvalue weighted by Gasteiger charge is -2.06. The molecule has 0 atom stereocenters. The maximum Gasteiger partial charge on any atom is 0.221 e. The van der Waals surface area contributed by atoms with Gasteiger partial charge in [0, 0.05) is 24.3 Å². The molecule has 0 aliphatic carbocycles. The van der Waals surface area contributed by atoms with Gasteiger partial charge in [0.25, 0.3) is 0 Å². The van der Waals surface area contributed by atoms with Crippen LogP contribution in [0.3, 0.4) is 0 Å². The number of aromatic nitrogens is 1. The van der Waals surface area contributed by atoms with E-state index in [2.05, 4.69) is 10.4 Å². The highest BCUT2D eigenvalue weighted by molar-refractivity contribution is 5.37. The standard InChI is InChI=1S/C11H9F2N3O/c12-7-4-8(13)6-9(5-7)17-11-3-1-2-10(15-11)16-14/h1-6H,14H2,(H,15,16). The van der Waals surface area contributed by atoms with Crippen molar-refractivity contribution in [1.29, 1.82) is 0 Å². The highest BCUT2D eigenvalue weighted by Gasteiger charge is 2.04. The SMILES string of the molecule is NNc1cccc(Oc2cc(F)cc(F)c2)n1. The van der Waals surface area contributed by atoms with Gasteiger partial charge in [0.2, 0.25) is 5.88 Å². The van der Waals surface area contributed by atoms with Crippen LogP contribution in [0, 0.1) is 11.6 Å². The second-order valence-corrected chi connectivity index (χ2v) is 3.21. The number of nitrogens with two attached hydrogens (primary N) is 1. The fraction of sp³-hybridized carbons (Fsp3) is 0. The Morgan fingerprint density at radius 3 is 2.47 bits per heavy atom. The van der Waals surface area contributed by atoms with Gasteiger partial charge in [-0.3, -0.25) is 0 Å². The molecular weight excluding hydrogens is 228 g/mol. The second kappa shape index (κ2) is 4.75. The summed E-state index contributed by atoms with van der Waals surface area (Å²) in [6.07, 6.45) is 0. The number of rotatable bonds is 3. The van der Waals surface area contributed by atoms with Crippen molar-refractivity contribution < 1.29 is 13.5 Å². The first-order chi connectivity index (χ1) is 8.17. The first kappa shape index (κ1) is 11.3. The fourth-order valence-corrected chi connectivity index (χ4v) is 1.26. The van der Waals surface area contributed by atoms with Crippen molar-refractivity contribution in [3.63, 3.8) is 0 Å². The van der Waals surface area contributed by atoms with E-state index in [1.807, 2.05) is 0 Å². The van der Waals surface area contributed by atoms with Gasteiger partial charge in [0.1, 0.15) is 23.2 Å². The van der Waals surface area contributed by atoms with Crippen LogP contribution in [0.5, 0.6) is 11.6 Å². The maximum absolute atomic E-state index is 12.9. The van der Waals surface area contributed by atoms with E-state index < -0.39 is 11.6 Å². The molecule has 0 amide bonds. The van der Waals surface area contributed by atoms with Crippen molar-refractivity contribution in [2.24, 2.45) is 5.84 Å². The van der Waals surface area contributed by atoms with Crippen LogP contribution >= 0.6 is 0 Å². The average Bonchev–Trinajstić information content (AvgIpc) is 2.28. The van der Waals surface area contributed by atoms with E-state index in [1.54, 1.807) is 18.2 Å². The Kier molecular flexibility index (Phi) is 3.15. The number of hydrazine groups is 1. The number of pyridine rings is 1. The number of nitrogen functional groups attached to an aromatic ring is 1. The molecule has 1 heterocycles. The van der Waals surface area contributed by atoms with Crippen LogP contribution in [0.15, 0.2) is 36.4 Å². The topological polar surface area (TPSA) is 60.2 Å². The van der Waals surface area contributed by atoms with Crippen LogP contribution in [0.25, 0.3) is 0 Å². The number of halogens is 2. The van der Waals surface area contributed by atoms with Crippen molar-refractivity contribution in [2.75, 3.05) is 5.43 Å². The molecule has 3 N–H and O–H groups in total. The van der Waals surface area contributed by atoms with Crippen molar-refractivity contribution in [3.05, 3.63) is 48.0 Å². The summed E-state index contributed by atoms with van der Waals surface area (Å²) >= 11 is 0. The molecule has 2 aromatic rings. The molecule has 0 unspecified atom stereocenters. The van der Waals surface area contributed by atoms with Crippen LogP contribution in [-0.2, 0) is 0 Å². The van der Waals surface area contributed by atoms with E-state index in [0.29, 0.717) is 5.82 Å². The molecule has 2 rings (SSSR count). The van der Waals surface area contributed by atoms with Crippen LogP contribution in [0.4, 0.5) is 14.6 Å². The highest BCUT2D eigenvalue weighted by Crippen LogP contribution is 2.22. The van der Waals surface area contributed by atoms with Crippen LogP contribution < -0.4 is 16.0 Å². The quantitative estimate of drug-likeness (QED) is 0.635. The molecule has 0 aliphatic rings. The van der Waals surface area contributed by atoms with Gasteiger partial charge < -0.3 is 10.2 Å². The summed E-state index contributed by atoms with van der Waals surface area (Å²) < 4.78 is 31.0. The molecule has 0 fully saturated rings. The largest absolute Gasteiger partial charge is 0.439 e. The zero-order chi connectivity index (χ0) is 12.3. The smallest absolute Gasteiger partial charge is 0.221 e. The van der Waals surface area contributed by atoms with Gasteiger partial charge >= 0.3 is 0 Å². The number of nitrogens with one attached hydrogen (secondary N) is 1. The number of hydrogen-bond acceptors (Lipinski definition) is 4. The van der Waals surface area contributed by atoms with E-state index >= 15 is 0 Å². The minimum atomic E-state index is -0.715. The minimum Gasteiger partial charge on any atom is -0.439 e.